The zero-order chi connectivity index (χ0) is 9.97. The second-order valence-corrected chi connectivity index (χ2v) is 3.83. The largest absolute Gasteiger partial charge is 0.467 e. The molecule has 0 atom stereocenters. The normalized spacial score (nSPS) is 17.9. The number of methoxy groups -OCH3 is 1. The molecule has 0 spiro atoms. The molecular formula is C10H15N3O. The Morgan fingerprint density at radius 3 is 3.00 bits per heavy atom. The number of hydrogen-bond acceptors (Lipinski definition) is 4. The summed E-state index contributed by atoms with van der Waals surface area (Å²) in [7, 11) is 1.59. The smallest absolute Gasteiger partial charge is 0.316 e. The third kappa shape index (κ3) is 2.01. The number of ether oxygens (including phenoxy) is 1. The Kier molecular flexibility index (Phi) is 2.63. The summed E-state index contributed by atoms with van der Waals surface area (Å²) in [6.07, 6.45) is 1.74. The fourth-order valence-electron chi connectivity index (χ4n) is 1.75. The van der Waals surface area contributed by atoms with E-state index in [0.29, 0.717) is 6.01 Å². The Bertz CT molecular complexity index is 310. The molecule has 2 rings (SSSR count). The summed E-state index contributed by atoms with van der Waals surface area (Å²) in [5.74, 6) is 0.832. The van der Waals surface area contributed by atoms with Gasteiger partial charge >= 0.3 is 6.01 Å². The van der Waals surface area contributed by atoms with Gasteiger partial charge in [-0.15, -0.1) is 0 Å². The van der Waals surface area contributed by atoms with Gasteiger partial charge in [-0.2, -0.15) is 4.98 Å². The van der Waals surface area contributed by atoms with Gasteiger partial charge in [0.2, 0.25) is 0 Å². The van der Waals surface area contributed by atoms with Crippen LogP contribution in [0.1, 0.15) is 12.6 Å². The SMILES string of the molecule is COc1nccc(CN2CC(C)C2)n1. The summed E-state index contributed by atoms with van der Waals surface area (Å²) in [6.45, 7) is 5.51. The molecule has 4 nitrogen and oxygen atoms in total. The first-order chi connectivity index (χ1) is 6.78. The highest BCUT2D eigenvalue weighted by molar-refractivity contribution is 5.05. The molecule has 2 heterocycles. The van der Waals surface area contributed by atoms with E-state index in [1.807, 2.05) is 6.07 Å². The minimum Gasteiger partial charge on any atom is -0.467 e. The maximum absolute atomic E-state index is 4.97. The van der Waals surface area contributed by atoms with Crippen molar-refractivity contribution in [2.45, 2.75) is 13.5 Å². The molecule has 76 valence electrons. The molecule has 1 aliphatic rings. The zero-order valence-corrected chi connectivity index (χ0v) is 8.60. The highest BCUT2D eigenvalue weighted by atomic mass is 16.5. The molecule has 1 aliphatic heterocycles. The Labute approximate surface area is 83.9 Å². The second-order valence-electron chi connectivity index (χ2n) is 3.83. The van der Waals surface area contributed by atoms with Gasteiger partial charge in [0, 0.05) is 25.8 Å². The second kappa shape index (κ2) is 3.92. The first-order valence-electron chi connectivity index (χ1n) is 4.86. The number of hydrogen-bond donors (Lipinski definition) is 0. The van der Waals surface area contributed by atoms with Gasteiger partial charge in [-0.05, 0) is 12.0 Å². The summed E-state index contributed by atoms with van der Waals surface area (Å²) in [4.78, 5) is 10.6. The Balaban J connectivity index is 1.95. The Morgan fingerprint density at radius 1 is 1.57 bits per heavy atom. The molecule has 0 radical (unpaired) electrons. The summed E-state index contributed by atoms with van der Waals surface area (Å²) >= 11 is 0. The van der Waals surface area contributed by atoms with Crippen molar-refractivity contribution < 1.29 is 4.74 Å². The van der Waals surface area contributed by atoms with Gasteiger partial charge in [-0.1, -0.05) is 6.92 Å². The van der Waals surface area contributed by atoms with Crippen molar-refractivity contribution in [3.63, 3.8) is 0 Å². The monoisotopic (exact) mass is 193 g/mol. The van der Waals surface area contributed by atoms with E-state index in [1.165, 1.54) is 13.1 Å². The highest BCUT2D eigenvalue weighted by Gasteiger charge is 2.22. The van der Waals surface area contributed by atoms with Crippen LogP contribution < -0.4 is 4.74 Å². The average Bonchev–Trinajstić information content (AvgIpc) is 2.16. The molecule has 0 bridgehead atoms. The van der Waals surface area contributed by atoms with Crippen LogP contribution >= 0.6 is 0 Å². The molecule has 0 saturated carbocycles. The molecule has 1 saturated heterocycles. The van der Waals surface area contributed by atoms with Crippen molar-refractivity contribution in [2.75, 3.05) is 20.2 Å². The third-order valence-corrected chi connectivity index (χ3v) is 2.40. The number of aromatic nitrogens is 2. The fourth-order valence-corrected chi connectivity index (χ4v) is 1.75. The van der Waals surface area contributed by atoms with E-state index in [2.05, 4.69) is 21.8 Å². The predicted octanol–water partition coefficient (Wildman–Crippen LogP) is 0.937. The maximum atomic E-state index is 4.97. The number of rotatable bonds is 3. The molecule has 14 heavy (non-hydrogen) atoms. The average molecular weight is 193 g/mol. The van der Waals surface area contributed by atoms with Crippen LogP contribution in [0.3, 0.4) is 0 Å². The van der Waals surface area contributed by atoms with Crippen LogP contribution in [0, 0.1) is 5.92 Å². The zero-order valence-electron chi connectivity index (χ0n) is 8.60. The van der Waals surface area contributed by atoms with E-state index in [4.69, 9.17) is 4.74 Å². The molecule has 0 unspecified atom stereocenters. The van der Waals surface area contributed by atoms with Gasteiger partial charge in [0.05, 0.1) is 12.8 Å². The molecule has 0 N–H and O–H groups in total. The quantitative estimate of drug-likeness (QED) is 0.716. The van der Waals surface area contributed by atoms with E-state index in [1.54, 1.807) is 13.3 Å². The topological polar surface area (TPSA) is 38.2 Å². The van der Waals surface area contributed by atoms with E-state index in [0.717, 1.165) is 18.2 Å². The lowest BCUT2D eigenvalue weighted by molar-refractivity contribution is 0.103. The lowest BCUT2D eigenvalue weighted by Crippen LogP contribution is -2.44. The molecule has 0 amide bonds. The first-order valence-corrected chi connectivity index (χ1v) is 4.86. The third-order valence-electron chi connectivity index (χ3n) is 2.40. The van der Waals surface area contributed by atoms with E-state index >= 15 is 0 Å². The number of nitrogens with zero attached hydrogens (tertiary/aromatic N) is 3. The first kappa shape index (κ1) is 9.40. The Hall–Kier alpha value is -1.16. The summed E-state index contributed by atoms with van der Waals surface area (Å²) < 4.78 is 4.97. The molecular weight excluding hydrogens is 178 g/mol. The van der Waals surface area contributed by atoms with Crippen molar-refractivity contribution in [1.82, 2.24) is 14.9 Å². The van der Waals surface area contributed by atoms with Gasteiger partial charge in [-0.25, -0.2) is 4.98 Å². The standard InChI is InChI=1S/C10H15N3O/c1-8-5-13(6-8)7-9-3-4-11-10(12-9)14-2/h3-4,8H,5-7H2,1-2H3. The van der Waals surface area contributed by atoms with Crippen LogP contribution in [0.15, 0.2) is 12.3 Å². The van der Waals surface area contributed by atoms with Crippen molar-refractivity contribution in [1.29, 1.82) is 0 Å². The molecule has 1 fully saturated rings. The molecule has 1 aromatic heterocycles. The molecule has 1 aromatic rings. The van der Waals surface area contributed by atoms with E-state index < -0.39 is 0 Å². The van der Waals surface area contributed by atoms with Crippen molar-refractivity contribution in [3.05, 3.63) is 18.0 Å². The van der Waals surface area contributed by atoms with Gasteiger partial charge in [-0.3, -0.25) is 4.90 Å². The minimum atomic E-state index is 0.455. The molecule has 0 aromatic carbocycles. The maximum Gasteiger partial charge on any atom is 0.316 e. The van der Waals surface area contributed by atoms with Crippen LogP contribution in [0.4, 0.5) is 0 Å². The van der Waals surface area contributed by atoms with Crippen molar-refractivity contribution in [2.24, 2.45) is 5.92 Å². The summed E-state index contributed by atoms with van der Waals surface area (Å²) in [5.41, 5.74) is 1.03. The van der Waals surface area contributed by atoms with Crippen molar-refractivity contribution >= 4 is 0 Å². The minimum absolute atomic E-state index is 0.455. The highest BCUT2D eigenvalue weighted by Crippen LogP contribution is 2.17. The lowest BCUT2D eigenvalue weighted by Gasteiger charge is -2.36. The fraction of sp³-hybridized carbons (Fsp3) is 0.600. The Morgan fingerprint density at radius 2 is 2.36 bits per heavy atom. The predicted molar refractivity (Wildman–Crippen MR) is 53.0 cm³/mol. The molecule has 0 aliphatic carbocycles. The van der Waals surface area contributed by atoms with Crippen LogP contribution in [0.2, 0.25) is 0 Å². The van der Waals surface area contributed by atoms with E-state index in [-0.39, 0.29) is 0 Å². The summed E-state index contributed by atoms with van der Waals surface area (Å²) in [6, 6.07) is 2.39. The van der Waals surface area contributed by atoms with E-state index in [9.17, 15) is 0 Å². The molecule has 4 heteroatoms. The van der Waals surface area contributed by atoms with Crippen LogP contribution in [0.5, 0.6) is 6.01 Å². The van der Waals surface area contributed by atoms with Gasteiger partial charge in [0.15, 0.2) is 0 Å². The van der Waals surface area contributed by atoms with Gasteiger partial charge < -0.3 is 4.74 Å². The van der Waals surface area contributed by atoms with Gasteiger partial charge in [0.1, 0.15) is 0 Å². The van der Waals surface area contributed by atoms with Crippen LogP contribution in [-0.2, 0) is 6.54 Å². The summed E-state index contributed by atoms with van der Waals surface area (Å²) in [5, 5.41) is 0. The van der Waals surface area contributed by atoms with Gasteiger partial charge in [0.25, 0.3) is 0 Å². The lowest BCUT2D eigenvalue weighted by atomic mass is 10.0. The number of likely N-dealkylation sites (tertiary alicyclic amines) is 1. The van der Waals surface area contributed by atoms with Crippen LogP contribution in [-0.4, -0.2) is 35.1 Å². The van der Waals surface area contributed by atoms with Crippen LogP contribution in [0.25, 0.3) is 0 Å². The van der Waals surface area contributed by atoms with Crippen molar-refractivity contribution in [3.8, 4) is 6.01 Å².